The lowest BCUT2D eigenvalue weighted by Gasteiger charge is -2.25. The Hall–Kier alpha value is -1.66. The molecule has 1 aromatic heterocycles. The van der Waals surface area contributed by atoms with Gasteiger partial charge in [-0.3, -0.25) is 14.9 Å². The fourth-order valence-corrected chi connectivity index (χ4v) is 3.63. The summed E-state index contributed by atoms with van der Waals surface area (Å²) in [5.41, 5.74) is 0.862. The van der Waals surface area contributed by atoms with Crippen molar-refractivity contribution in [3.8, 4) is 0 Å². The number of nitrogens with one attached hydrogen (secondary N) is 1. The average molecular weight is 331 g/mol. The Labute approximate surface area is 144 Å². The van der Waals surface area contributed by atoms with Crippen LogP contribution >= 0.6 is 0 Å². The first kappa shape index (κ1) is 17.2. The summed E-state index contributed by atoms with van der Waals surface area (Å²) in [6.45, 7) is 7.87. The SMILES string of the molecule is CCNC(=NCC(O)c1ccncc1)N1CCC(N2CCCC2)C1. The molecule has 0 aliphatic carbocycles. The van der Waals surface area contributed by atoms with Gasteiger partial charge in [0.05, 0.1) is 12.6 Å². The van der Waals surface area contributed by atoms with E-state index in [1.54, 1.807) is 12.4 Å². The van der Waals surface area contributed by atoms with E-state index in [2.05, 4.69) is 32.0 Å². The minimum atomic E-state index is -0.585. The average Bonchev–Trinajstić information content (AvgIpc) is 3.30. The van der Waals surface area contributed by atoms with Crippen LogP contribution in [-0.2, 0) is 0 Å². The minimum absolute atomic E-state index is 0.372. The molecule has 24 heavy (non-hydrogen) atoms. The zero-order valence-corrected chi connectivity index (χ0v) is 14.6. The first-order valence-corrected chi connectivity index (χ1v) is 9.13. The third kappa shape index (κ3) is 4.24. The molecule has 2 aliphatic rings. The van der Waals surface area contributed by atoms with E-state index in [1.807, 2.05) is 12.1 Å². The molecule has 6 nitrogen and oxygen atoms in total. The lowest BCUT2D eigenvalue weighted by molar-refractivity contribution is 0.186. The number of rotatable bonds is 5. The van der Waals surface area contributed by atoms with Gasteiger partial charge >= 0.3 is 0 Å². The number of aliphatic imine (C=N–C) groups is 1. The first-order chi connectivity index (χ1) is 11.8. The van der Waals surface area contributed by atoms with Crippen LogP contribution in [0.2, 0.25) is 0 Å². The number of nitrogens with zero attached hydrogens (tertiary/aromatic N) is 4. The Balaban J connectivity index is 1.59. The van der Waals surface area contributed by atoms with Crippen molar-refractivity contribution in [1.82, 2.24) is 20.1 Å². The molecule has 0 saturated carbocycles. The Morgan fingerprint density at radius 1 is 1.33 bits per heavy atom. The molecule has 3 heterocycles. The largest absolute Gasteiger partial charge is 0.386 e. The smallest absolute Gasteiger partial charge is 0.194 e. The van der Waals surface area contributed by atoms with Gasteiger partial charge in [0, 0.05) is 38.1 Å². The predicted octanol–water partition coefficient (Wildman–Crippen LogP) is 1.25. The quantitative estimate of drug-likeness (QED) is 0.628. The van der Waals surface area contributed by atoms with Gasteiger partial charge in [0.15, 0.2) is 5.96 Å². The minimum Gasteiger partial charge on any atom is -0.386 e. The van der Waals surface area contributed by atoms with Crippen LogP contribution < -0.4 is 5.32 Å². The number of likely N-dealkylation sites (tertiary alicyclic amines) is 2. The van der Waals surface area contributed by atoms with E-state index < -0.39 is 6.10 Å². The van der Waals surface area contributed by atoms with E-state index in [4.69, 9.17) is 0 Å². The van der Waals surface area contributed by atoms with E-state index in [0.717, 1.165) is 31.2 Å². The number of aliphatic hydroxyl groups excluding tert-OH is 1. The highest BCUT2D eigenvalue weighted by Gasteiger charge is 2.30. The lowest BCUT2D eigenvalue weighted by Crippen LogP contribution is -2.43. The van der Waals surface area contributed by atoms with Gasteiger partial charge in [0.1, 0.15) is 0 Å². The first-order valence-electron chi connectivity index (χ1n) is 9.13. The predicted molar refractivity (Wildman–Crippen MR) is 96.0 cm³/mol. The van der Waals surface area contributed by atoms with Gasteiger partial charge in [-0.25, -0.2) is 0 Å². The van der Waals surface area contributed by atoms with E-state index >= 15 is 0 Å². The van der Waals surface area contributed by atoms with E-state index in [-0.39, 0.29) is 0 Å². The van der Waals surface area contributed by atoms with Gasteiger partial charge in [0.2, 0.25) is 0 Å². The Morgan fingerprint density at radius 2 is 2.08 bits per heavy atom. The fraction of sp³-hybridized carbons (Fsp3) is 0.667. The summed E-state index contributed by atoms with van der Waals surface area (Å²) in [5, 5.41) is 13.7. The molecule has 2 unspecified atom stereocenters. The van der Waals surface area contributed by atoms with E-state index in [0.29, 0.717) is 12.6 Å². The lowest BCUT2D eigenvalue weighted by atomic mass is 10.1. The van der Waals surface area contributed by atoms with Gasteiger partial charge in [-0.2, -0.15) is 0 Å². The van der Waals surface area contributed by atoms with Crippen LogP contribution in [0.25, 0.3) is 0 Å². The molecule has 2 fully saturated rings. The maximum Gasteiger partial charge on any atom is 0.194 e. The summed E-state index contributed by atoms with van der Waals surface area (Å²) >= 11 is 0. The number of hydrogen-bond acceptors (Lipinski definition) is 4. The summed E-state index contributed by atoms with van der Waals surface area (Å²) in [7, 11) is 0. The second-order valence-electron chi connectivity index (χ2n) is 6.62. The van der Waals surface area contributed by atoms with Crippen molar-refractivity contribution in [1.29, 1.82) is 0 Å². The summed E-state index contributed by atoms with van der Waals surface area (Å²) in [6, 6.07) is 4.33. The summed E-state index contributed by atoms with van der Waals surface area (Å²) in [4.78, 5) is 13.6. The van der Waals surface area contributed by atoms with E-state index in [9.17, 15) is 5.11 Å². The van der Waals surface area contributed by atoms with Crippen LogP contribution in [0.4, 0.5) is 0 Å². The van der Waals surface area contributed by atoms with Gasteiger partial charge in [0.25, 0.3) is 0 Å². The molecule has 0 aromatic carbocycles. The molecule has 1 aromatic rings. The van der Waals surface area contributed by atoms with Crippen LogP contribution in [0, 0.1) is 0 Å². The van der Waals surface area contributed by atoms with Crippen LogP contribution in [0.5, 0.6) is 0 Å². The number of pyridine rings is 1. The maximum absolute atomic E-state index is 10.3. The normalized spacial score (nSPS) is 23.7. The zero-order chi connectivity index (χ0) is 16.8. The van der Waals surface area contributed by atoms with Crippen molar-refractivity contribution >= 4 is 5.96 Å². The zero-order valence-electron chi connectivity index (χ0n) is 14.6. The summed E-state index contributed by atoms with van der Waals surface area (Å²) in [6.07, 6.45) is 6.70. The molecule has 0 spiro atoms. The standard InChI is InChI=1S/C18H29N5O/c1-2-20-18(21-13-17(24)15-5-8-19-9-6-15)23-12-7-16(14-23)22-10-3-4-11-22/h5-6,8-9,16-17,24H,2-4,7,10-14H2,1H3,(H,20,21). The Morgan fingerprint density at radius 3 is 2.79 bits per heavy atom. The highest BCUT2D eigenvalue weighted by atomic mass is 16.3. The highest BCUT2D eigenvalue weighted by molar-refractivity contribution is 5.80. The molecule has 2 saturated heterocycles. The summed E-state index contributed by atoms with van der Waals surface area (Å²) < 4.78 is 0. The van der Waals surface area contributed by atoms with Crippen molar-refractivity contribution in [2.75, 3.05) is 39.3 Å². The van der Waals surface area contributed by atoms with Crippen molar-refractivity contribution < 1.29 is 5.11 Å². The molecule has 2 N–H and O–H groups in total. The topological polar surface area (TPSA) is 64.0 Å². The number of aromatic nitrogens is 1. The molecule has 3 rings (SSSR count). The van der Waals surface area contributed by atoms with Crippen LogP contribution in [0.1, 0.15) is 37.9 Å². The molecule has 0 amide bonds. The monoisotopic (exact) mass is 331 g/mol. The molecule has 132 valence electrons. The molecule has 0 bridgehead atoms. The second-order valence-corrected chi connectivity index (χ2v) is 6.62. The van der Waals surface area contributed by atoms with Crippen molar-refractivity contribution in [3.63, 3.8) is 0 Å². The third-order valence-corrected chi connectivity index (χ3v) is 4.96. The van der Waals surface area contributed by atoms with Crippen molar-refractivity contribution in [2.45, 2.75) is 38.3 Å². The Bertz CT molecular complexity index is 529. The summed E-state index contributed by atoms with van der Waals surface area (Å²) in [5.74, 6) is 0.923. The van der Waals surface area contributed by atoms with Crippen molar-refractivity contribution in [2.24, 2.45) is 4.99 Å². The molecule has 6 heteroatoms. The third-order valence-electron chi connectivity index (χ3n) is 4.96. The molecule has 2 atom stereocenters. The highest BCUT2D eigenvalue weighted by Crippen LogP contribution is 2.20. The molecular weight excluding hydrogens is 302 g/mol. The van der Waals surface area contributed by atoms with Crippen LogP contribution in [-0.4, -0.2) is 71.2 Å². The van der Waals surface area contributed by atoms with Gasteiger partial charge in [-0.1, -0.05) is 0 Å². The van der Waals surface area contributed by atoms with Crippen molar-refractivity contribution in [3.05, 3.63) is 30.1 Å². The Kier molecular flexibility index (Phi) is 6.04. The number of guanidine groups is 1. The van der Waals surface area contributed by atoms with E-state index in [1.165, 1.54) is 32.4 Å². The maximum atomic E-state index is 10.3. The van der Waals surface area contributed by atoms with Crippen LogP contribution in [0.15, 0.2) is 29.5 Å². The number of hydrogen-bond donors (Lipinski definition) is 2. The molecule has 0 radical (unpaired) electrons. The number of aliphatic hydroxyl groups is 1. The fourth-order valence-electron chi connectivity index (χ4n) is 3.63. The van der Waals surface area contributed by atoms with Gasteiger partial charge < -0.3 is 15.3 Å². The van der Waals surface area contributed by atoms with Gasteiger partial charge in [-0.15, -0.1) is 0 Å². The van der Waals surface area contributed by atoms with Gasteiger partial charge in [-0.05, 0) is 57.0 Å². The molecular formula is C18H29N5O. The molecule has 2 aliphatic heterocycles. The van der Waals surface area contributed by atoms with Crippen LogP contribution in [0.3, 0.4) is 0 Å². The second kappa shape index (κ2) is 8.44.